The molecule has 0 spiro atoms. The minimum atomic E-state index is -0.101. The highest BCUT2D eigenvalue weighted by molar-refractivity contribution is 7.09. The van der Waals surface area contributed by atoms with E-state index in [2.05, 4.69) is 15.3 Å². The first-order valence-corrected chi connectivity index (χ1v) is 6.70. The van der Waals surface area contributed by atoms with Crippen LogP contribution in [0.1, 0.15) is 37.9 Å². The molecule has 0 saturated heterocycles. The van der Waals surface area contributed by atoms with Gasteiger partial charge >= 0.3 is 0 Å². The predicted molar refractivity (Wildman–Crippen MR) is 73.0 cm³/mol. The van der Waals surface area contributed by atoms with E-state index >= 15 is 0 Å². The molecular formula is C12H16N4OS. The Balaban J connectivity index is 2.25. The molecule has 6 heteroatoms. The number of hydrogen-bond acceptors (Lipinski definition) is 5. The summed E-state index contributed by atoms with van der Waals surface area (Å²) in [6, 6.07) is 0.101. The second kappa shape index (κ2) is 5.30. The van der Waals surface area contributed by atoms with E-state index in [9.17, 15) is 4.79 Å². The highest BCUT2D eigenvalue weighted by atomic mass is 32.1. The van der Waals surface area contributed by atoms with E-state index in [1.165, 1.54) is 0 Å². The standard InChI is InChI=1S/C12H16N4OS/c1-8(2)16-6-4-13-10(12(16)17)15-9(3)11-14-5-7-18-11/h4-9H,1-3H3,(H,13,15). The summed E-state index contributed by atoms with van der Waals surface area (Å²) >= 11 is 1.56. The van der Waals surface area contributed by atoms with Gasteiger partial charge in [-0.1, -0.05) is 0 Å². The van der Waals surface area contributed by atoms with Crippen molar-refractivity contribution in [1.29, 1.82) is 0 Å². The Morgan fingerprint density at radius 1 is 1.28 bits per heavy atom. The van der Waals surface area contributed by atoms with Crippen LogP contribution in [0, 0.1) is 0 Å². The van der Waals surface area contributed by atoms with Crippen molar-refractivity contribution < 1.29 is 0 Å². The Bertz CT molecular complexity index is 562. The smallest absolute Gasteiger partial charge is 0.293 e. The summed E-state index contributed by atoms with van der Waals surface area (Å²) < 4.78 is 1.66. The molecule has 0 bridgehead atoms. The van der Waals surface area contributed by atoms with Crippen molar-refractivity contribution in [3.05, 3.63) is 39.3 Å². The Kier molecular flexibility index (Phi) is 3.76. The van der Waals surface area contributed by atoms with Gasteiger partial charge in [0.15, 0.2) is 5.82 Å². The van der Waals surface area contributed by atoms with Gasteiger partial charge in [0.05, 0.1) is 6.04 Å². The van der Waals surface area contributed by atoms with Crippen molar-refractivity contribution in [1.82, 2.24) is 14.5 Å². The number of hydrogen-bond donors (Lipinski definition) is 1. The van der Waals surface area contributed by atoms with Gasteiger partial charge in [0.25, 0.3) is 5.56 Å². The van der Waals surface area contributed by atoms with Crippen LogP contribution in [-0.2, 0) is 0 Å². The zero-order chi connectivity index (χ0) is 13.1. The van der Waals surface area contributed by atoms with Crippen LogP contribution in [0.15, 0.2) is 28.8 Å². The average Bonchev–Trinajstić information content (AvgIpc) is 2.85. The third kappa shape index (κ3) is 2.59. The molecule has 0 radical (unpaired) electrons. The SMILES string of the molecule is CC(Nc1nccn(C(C)C)c1=O)c1nccs1. The lowest BCUT2D eigenvalue weighted by Gasteiger charge is -2.14. The van der Waals surface area contributed by atoms with Gasteiger partial charge in [0.2, 0.25) is 0 Å². The van der Waals surface area contributed by atoms with Gasteiger partial charge < -0.3 is 9.88 Å². The molecule has 96 valence electrons. The summed E-state index contributed by atoms with van der Waals surface area (Å²) in [5.41, 5.74) is -0.101. The Hall–Kier alpha value is -1.69. The second-order valence-electron chi connectivity index (χ2n) is 4.32. The molecule has 5 nitrogen and oxygen atoms in total. The first-order chi connectivity index (χ1) is 8.59. The summed E-state index contributed by atoms with van der Waals surface area (Å²) in [7, 11) is 0. The predicted octanol–water partition coefficient (Wildman–Crippen LogP) is 2.45. The van der Waals surface area contributed by atoms with Crippen molar-refractivity contribution >= 4 is 17.2 Å². The normalized spacial score (nSPS) is 12.7. The number of nitrogens with zero attached hydrogens (tertiary/aromatic N) is 3. The van der Waals surface area contributed by atoms with E-state index in [4.69, 9.17) is 0 Å². The van der Waals surface area contributed by atoms with E-state index in [1.807, 2.05) is 26.2 Å². The molecule has 0 amide bonds. The topological polar surface area (TPSA) is 59.8 Å². The molecule has 1 atom stereocenters. The van der Waals surface area contributed by atoms with Gasteiger partial charge in [-0.2, -0.15) is 0 Å². The molecule has 18 heavy (non-hydrogen) atoms. The zero-order valence-corrected chi connectivity index (χ0v) is 11.4. The Labute approximate surface area is 110 Å². The second-order valence-corrected chi connectivity index (χ2v) is 5.24. The summed E-state index contributed by atoms with van der Waals surface area (Å²) in [5, 5.41) is 5.97. The molecule has 0 fully saturated rings. The first-order valence-electron chi connectivity index (χ1n) is 5.82. The highest BCUT2D eigenvalue weighted by Gasteiger charge is 2.12. The van der Waals surface area contributed by atoms with Gasteiger partial charge in [0.1, 0.15) is 5.01 Å². The van der Waals surface area contributed by atoms with Crippen LogP contribution in [0.5, 0.6) is 0 Å². The maximum atomic E-state index is 12.1. The van der Waals surface area contributed by atoms with E-state index in [1.54, 1.807) is 34.5 Å². The van der Waals surface area contributed by atoms with Crippen LogP contribution >= 0.6 is 11.3 Å². The summed E-state index contributed by atoms with van der Waals surface area (Å²) in [4.78, 5) is 20.5. The number of thiazole rings is 1. The first kappa shape index (κ1) is 12.8. The Morgan fingerprint density at radius 2 is 2.06 bits per heavy atom. The zero-order valence-electron chi connectivity index (χ0n) is 10.6. The van der Waals surface area contributed by atoms with Crippen molar-refractivity contribution in [2.45, 2.75) is 32.9 Å². The Morgan fingerprint density at radius 3 is 2.67 bits per heavy atom. The van der Waals surface area contributed by atoms with Crippen LogP contribution in [0.25, 0.3) is 0 Å². The molecule has 1 unspecified atom stereocenters. The molecule has 2 rings (SSSR count). The number of anilines is 1. The van der Waals surface area contributed by atoms with Crippen LogP contribution in [0.4, 0.5) is 5.82 Å². The molecule has 0 saturated carbocycles. The fraction of sp³-hybridized carbons (Fsp3) is 0.417. The van der Waals surface area contributed by atoms with E-state index in [0.717, 1.165) is 5.01 Å². The molecule has 2 aromatic heterocycles. The third-order valence-electron chi connectivity index (χ3n) is 2.60. The maximum Gasteiger partial charge on any atom is 0.293 e. The molecule has 2 aromatic rings. The lowest BCUT2D eigenvalue weighted by molar-refractivity contribution is 0.574. The lowest BCUT2D eigenvalue weighted by Crippen LogP contribution is -2.26. The third-order valence-corrected chi connectivity index (χ3v) is 3.56. The molecule has 2 heterocycles. The van der Waals surface area contributed by atoms with Gasteiger partial charge in [-0.25, -0.2) is 9.97 Å². The summed E-state index contributed by atoms with van der Waals surface area (Å²) in [6.45, 7) is 5.90. The van der Waals surface area contributed by atoms with Crippen LogP contribution in [0.2, 0.25) is 0 Å². The van der Waals surface area contributed by atoms with Crippen molar-refractivity contribution in [2.24, 2.45) is 0 Å². The molecule has 0 aliphatic heterocycles. The van der Waals surface area contributed by atoms with Gasteiger partial charge in [-0.3, -0.25) is 4.79 Å². The van der Waals surface area contributed by atoms with E-state index < -0.39 is 0 Å². The summed E-state index contributed by atoms with van der Waals surface area (Å²) in [5.74, 6) is 0.369. The van der Waals surface area contributed by atoms with Gasteiger partial charge in [-0.05, 0) is 20.8 Å². The van der Waals surface area contributed by atoms with Crippen molar-refractivity contribution in [3.8, 4) is 0 Å². The number of nitrogens with one attached hydrogen (secondary N) is 1. The number of aromatic nitrogens is 3. The fourth-order valence-corrected chi connectivity index (χ4v) is 2.29. The molecule has 0 aliphatic rings. The largest absolute Gasteiger partial charge is 0.357 e. The van der Waals surface area contributed by atoms with Crippen molar-refractivity contribution in [2.75, 3.05) is 5.32 Å². The average molecular weight is 264 g/mol. The number of rotatable bonds is 4. The van der Waals surface area contributed by atoms with Crippen LogP contribution in [-0.4, -0.2) is 14.5 Å². The minimum Gasteiger partial charge on any atom is -0.357 e. The van der Waals surface area contributed by atoms with Crippen molar-refractivity contribution in [3.63, 3.8) is 0 Å². The monoisotopic (exact) mass is 264 g/mol. The molecule has 0 aromatic carbocycles. The molecular weight excluding hydrogens is 248 g/mol. The quantitative estimate of drug-likeness (QED) is 0.921. The molecule has 1 N–H and O–H groups in total. The fourth-order valence-electron chi connectivity index (χ4n) is 1.65. The highest BCUT2D eigenvalue weighted by Crippen LogP contribution is 2.18. The summed E-state index contributed by atoms with van der Waals surface area (Å²) in [6.07, 6.45) is 5.09. The molecule has 0 aliphatic carbocycles. The van der Waals surface area contributed by atoms with Crippen LogP contribution < -0.4 is 10.9 Å². The van der Waals surface area contributed by atoms with Gasteiger partial charge in [-0.15, -0.1) is 11.3 Å². The van der Waals surface area contributed by atoms with Crippen LogP contribution in [0.3, 0.4) is 0 Å². The van der Waals surface area contributed by atoms with Gasteiger partial charge in [0, 0.05) is 30.0 Å². The minimum absolute atomic E-state index is 0.0202. The van der Waals surface area contributed by atoms with E-state index in [-0.39, 0.29) is 17.6 Å². The lowest BCUT2D eigenvalue weighted by atomic mass is 10.3. The maximum absolute atomic E-state index is 12.1. The van der Waals surface area contributed by atoms with E-state index in [0.29, 0.717) is 5.82 Å².